The second-order valence-corrected chi connectivity index (χ2v) is 6.64. The third kappa shape index (κ3) is 9.70. The number of carboxylic acid groups (broad SMARTS) is 1. The van der Waals surface area contributed by atoms with Crippen molar-refractivity contribution in [3.63, 3.8) is 0 Å². The van der Waals surface area contributed by atoms with E-state index >= 15 is 0 Å². The lowest BCUT2D eigenvalue weighted by atomic mass is 10.1. The third-order valence-electron chi connectivity index (χ3n) is 4.02. The van der Waals surface area contributed by atoms with Gasteiger partial charge in [-0.2, -0.15) is 0 Å². The molecule has 0 fully saturated rings. The highest BCUT2D eigenvalue weighted by molar-refractivity contribution is 5.98. The Morgan fingerprint density at radius 2 is 1.54 bits per heavy atom. The van der Waals surface area contributed by atoms with E-state index < -0.39 is 47.5 Å². The maximum absolute atomic E-state index is 12.2. The smallest absolute Gasteiger partial charge is 0.359 e. The maximum atomic E-state index is 12.2. The largest absolute Gasteiger partial charge is 0.481 e. The fraction of sp³-hybridized carbons (Fsp3) is 0.0870. The minimum atomic E-state index is -1.52. The number of carbonyl (C=O) groups excluding carboxylic acids is 4. The molecule has 14 nitrogen and oxygen atoms in total. The van der Waals surface area contributed by atoms with Crippen molar-refractivity contribution in [3.05, 3.63) is 106 Å². The molecule has 190 valence electrons. The normalized spacial score (nSPS) is 10.5. The molecule has 0 aliphatic rings. The molecule has 0 aliphatic heterocycles. The Labute approximate surface area is 207 Å². The van der Waals surface area contributed by atoms with Crippen LogP contribution in [-0.4, -0.2) is 50.0 Å². The van der Waals surface area contributed by atoms with Crippen LogP contribution >= 0.6 is 0 Å². The molecule has 1 aromatic carbocycles. The van der Waals surface area contributed by atoms with Gasteiger partial charge in [0.1, 0.15) is 6.42 Å². The van der Waals surface area contributed by atoms with Gasteiger partial charge >= 0.3 is 34.9 Å². The molecule has 0 unspecified atom stereocenters. The lowest BCUT2D eigenvalue weighted by Gasteiger charge is -2.16. The first kappa shape index (κ1) is 27.7. The number of rotatable bonds is 8. The van der Waals surface area contributed by atoms with Crippen LogP contribution in [0.2, 0.25) is 0 Å². The van der Waals surface area contributed by atoms with E-state index in [9.17, 15) is 34.1 Å². The summed E-state index contributed by atoms with van der Waals surface area (Å²) in [6.45, 7) is 0. The van der Waals surface area contributed by atoms with Crippen LogP contribution in [0.4, 0.5) is 0 Å². The zero-order valence-electron chi connectivity index (χ0n) is 18.7. The van der Waals surface area contributed by atoms with Crippen LogP contribution in [0.15, 0.2) is 79.4 Å². The Morgan fingerprint density at radius 1 is 0.865 bits per heavy atom. The monoisotopic (exact) mass is 511 g/mol. The average molecular weight is 511 g/mol. The van der Waals surface area contributed by atoms with Crippen molar-refractivity contribution in [1.82, 2.24) is 9.97 Å². The predicted molar refractivity (Wildman–Crippen MR) is 119 cm³/mol. The fourth-order valence-electron chi connectivity index (χ4n) is 2.47. The standard InChI is InChI=1S/C17H13NO7.C6H4N2O4/c19-13(20)9-14(21)24-17(23)15(11-5-2-1-3-6-11)25-16(22)12-7-4-8-18-10-12;9-6(12-8(10)11)5-1-3-7-4-2-5/h1-8,10,15H,9H2,(H,19,20);1-4H/t15-;/m1./s1. The first-order valence-corrected chi connectivity index (χ1v) is 10.1. The summed E-state index contributed by atoms with van der Waals surface area (Å²) in [6.07, 6.45) is 2.90. The van der Waals surface area contributed by atoms with Crippen LogP contribution in [0.1, 0.15) is 38.8 Å². The molecule has 3 aromatic rings. The molecule has 0 bridgehead atoms. The van der Waals surface area contributed by atoms with Crippen LogP contribution in [-0.2, 0) is 28.7 Å². The minimum absolute atomic E-state index is 0.0988. The molecule has 14 heteroatoms. The molecular formula is C23H17N3O11. The molecule has 2 aromatic heterocycles. The van der Waals surface area contributed by atoms with E-state index in [-0.39, 0.29) is 16.7 Å². The number of hydrogen-bond acceptors (Lipinski definition) is 12. The number of carbonyl (C=O) groups is 5. The fourth-order valence-corrected chi connectivity index (χ4v) is 2.47. The van der Waals surface area contributed by atoms with Gasteiger partial charge in [0.25, 0.3) is 0 Å². The van der Waals surface area contributed by atoms with E-state index in [2.05, 4.69) is 19.5 Å². The molecule has 0 radical (unpaired) electrons. The van der Waals surface area contributed by atoms with Crippen molar-refractivity contribution < 1.29 is 48.5 Å². The van der Waals surface area contributed by atoms with E-state index in [1.807, 2.05) is 0 Å². The predicted octanol–water partition coefficient (Wildman–Crippen LogP) is 1.95. The van der Waals surface area contributed by atoms with Crippen LogP contribution in [0.25, 0.3) is 0 Å². The zero-order chi connectivity index (χ0) is 27.2. The molecule has 0 saturated carbocycles. The van der Waals surface area contributed by atoms with Crippen molar-refractivity contribution >= 4 is 29.8 Å². The molecule has 3 rings (SSSR count). The number of hydrogen-bond donors (Lipinski definition) is 1. The van der Waals surface area contributed by atoms with Gasteiger partial charge in [0.2, 0.25) is 6.10 Å². The number of esters is 3. The van der Waals surface area contributed by atoms with Crippen LogP contribution in [0.3, 0.4) is 0 Å². The summed E-state index contributed by atoms with van der Waals surface area (Å²) < 4.78 is 9.60. The number of ether oxygens (including phenoxy) is 2. The van der Waals surface area contributed by atoms with Gasteiger partial charge < -0.3 is 14.6 Å². The quantitative estimate of drug-likeness (QED) is 0.199. The van der Waals surface area contributed by atoms with Gasteiger partial charge in [-0.15, -0.1) is 10.1 Å². The summed E-state index contributed by atoms with van der Waals surface area (Å²) in [5.74, 6) is -5.72. The lowest BCUT2D eigenvalue weighted by Crippen LogP contribution is -2.25. The van der Waals surface area contributed by atoms with Crippen LogP contribution in [0, 0.1) is 10.1 Å². The number of aliphatic carboxylic acids is 1. The molecule has 2 heterocycles. The number of carboxylic acids is 1. The van der Waals surface area contributed by atoms with Crippen molar-refractivity contribution in [2.45, 2.75) is 12.5 Å². The minimum Gasteiger partial charge on any atom is -0.481 e. The maximum Gasteiger partial charge on any atom is 0.359 e. The molecule has 0 aliphatic carbocycles. The highest BCUT2D eigenvalue weighted by atomic mass is 17.0. The molecule has 0 spiro atoms. The number of nitrogens with zero attached hydrogens (tertiary/aromatic N) is 3. The second-order valence-electron chi connectivity index (χ2n) is 6.64. The Balaban J connectivity index is 0.000000335. The molecule has 0 amide bonds. The van der Waals surface area contributed by atoms with Gasteiger partial charge in [-0.3, -0.25) is 24.4 Å². The summed E-state index contributed by atoms with van der Waals surface area (Å²) in [5, 5.41) is 17.1. The average Bonchev–Trinajstić information content (AvgIpc) is 2.88. The zero-order valence-corrected chi connectivity index (χ0v) is 18.7. The summed E-state index contributed by atoms with van der Waals surface area (Å²) >= 11 is 0. The van der Waals surface area contributed by atoms with E-state index in [0.717, 1.165) is 0 Å². The van der Waals surface area contributed by atoms with E-state index in [0.29, 0.717) is 0 Å². The summed E-state index contributed by atoms with van der Waals surface area (Å²) in [6, 6.07) is 13.5. The topological polar surface area (TPSA) is 202 Å². The van der Waals surface area contributed by atoms with Gasteiger partial charge in [0.05, 0.1) is 5.56 Å². The first-order chi connectivity index (χ1) is 17.7. The molecule has 1 N–H and O–H groups in total. The number of pyridine rings is 2. The Kier molecular flexibility index (Phi) is 10.5. The van der Waals surface area contributed by atoms with Crippen molar-refractivity contribution in [2.75, 3.05) is 0 Å². The van der Waals surface area contributed by atoms with Gasteiger partial charge in [0.15, 0.2) is 0 Å². The first-order valence-electron chi connectivity index (χ1n) is 10.1. The molecular weight excluding hydrogens is 494 g/mol. The van der Waals surface area contributed by atoms with E-state index in [4.69, 9.17) is 9.84 Å². The Bertz CT molecular complexity index is 1250. The van der Waals surface area contributed by atoms with Gasteiger partial charge in [0, 0.05) is 35.9 Å². The SMILES string of the molecule is O=C(O)CC(=O)OC(=O)[C@H](OC(=O)c1cccnc1)c1ccccc1.O=C(O[N+](=O)[O-])c1ccncc1. The third-order valence-corrected chi connectivity index (χ3v) is 4.02. The van der Waals surface area contributed by atoms with E-state index in [1.165, 1.54) is 61.2 Å². The van der Waals surface area contributed by atoms with Crippen molar-refractivity contribution in [3.8, 4) is 0 Å². The van der Waals surface area contributed by atoms with E-state index in [1.54, 1.807) is 18.2 Å². The van der Waals surface area contributed by atoms with Crippen LogP contribution < -0.4 is 0 Å². The second kappa shape index (κ2) is 14.0. The molecule has 1 atom stereocenters. The van der Waals surface area contributed by atoms with Gasteiger partial charge in [-0.05, 0) is 24.3 Å². The van der Waals surface area contributed by atoms with Gasteiger partial charge in [-0.1, -0.05) is 30.3 Å². The highest BCUT2D eigenvalue weighted by Crippen LogP contribution is 2.21. The molecule has 0 saturated heterocycles. The number of aromatic nitrogens is 2. The van der Waals surface area contributed by atoms with Crippen LogP contribution in [0.5, 0.6) is 0 Å². The Morgan fingerprint density at radius 3 is 2.11 bits per heavy atom. The van der Waals surface area contributed by atoms with Crippen molar-refractivity contribution in [2.24, 2.45) is 0 Å². The van der Waals surface area contributed by atoms with Gasteiger partial charge in [-0.25, -0.2) is 14.4 Å². The summed E-state index contributed by atoms with van der Waals surface area (Å²) in [5.41, 5.74) is 0.475. The molecule has 37 heavy (non-hydrogen) atoms. The Hall–Kier alpha value is -5.53. The summed E-state index contributed by atoms with van der Waals surface area (Å²) in [7, 11) is 0. The van der Waals surface area contributed by atoms with Crippen molar-refractivity contribution in [1.29, 1.82) is 0 Å². The number of benzene rings is 1. The highest BCUT2D eigenvalue weighted by Gasteiger charge is 2.29. The lowest BCUT2D eigenvalue weighted by molar-refractivity contribution is -0.727. The summed E-state index contributed by atoms with van der Waals surface area (Å²) in [4.78, 5) is 77.8.